The van der Waals surface area contributed by atoms with Gasteiger partial charge in [-0.15, -0.1) is 0 Å². The van der Waals surface area contributed by atoms with Gasteiger partial charge >= 0.3 is 5.97 Å². The first-order valence-electron chi connectivity index (χ1n) is 7.83. The number of carbonyl (C=O) groups excluding carboxylic acids is 1. The third-order valence-electron chi connectivity index (χ3n) is 3.71. The first-order chi connectivity index (χ1) is 12.2. The van der Waals surface area contributed by atoms with Gasteiger partial charge in [-0.05, 0) is 50.2 Å². The number of carbonyl (C=O) groups is 1. The summed E-state index contributed by atoms with van der Waals surface area (Å²) in [6.07, 6.45) is 0. The Hall–Kier alpha value is -2.38. The van der Waals surface area contributed by atoms with Crippen molar-refractivity contribution in [3.63, 3.8) is 0 Å². The zero-order chi connectivity index (χ0) is 18.9. The fourth-order valence-electron chi connectivity index (χ4n) is 2.46. The van der Waals surface area contributed by atoms with Crippen LogP contribution in [0.3, 0.4) is 0 Å². The average Bonchev–Trinajstić information content (AvgIpc) is 2.84. The van der Waals surface area contributed by atoms with E-state index in [1.54, 1.807) is 56.3 Å². The smallest absolute Gasteiger partial charge is 0.338 e. The molecule has 6 nitrogen and oxygen atoms in total. The van der Waals surface area contributed by atoms with Crippen LogP contribution in [0.15, 0.2) is 58.4 Å². The molecule has 3 rings (SSSR count). The Morgan fingerprint density at radius 2 is 1.81 bits per heavy atom. The number of nitrogens with zero attached hydrogens (tertiary/aromatic N) is 1. The van der Waals surface area contributed by atoms with E-state index in [0.717, 1.165) is 0 Å². The summed E-state index contributed by atoms with van der Waals surface area (Å²) in [5, 5.41) is 0.528. The number of sulfonamides is 1. The van der Waals surface area contributed by atoms with Gasteiger partial charge in [0.25, 0.3) is 10.0 Å². The lowest BCUT2D eigenvalue weighted by Crippen LogP contribution is -2.31. The predicted octanol–water partition coefficient (Wildman–Crippen LogP) is 3.01. The molecule has 26 heavy (non-hydrogen) atoms. The van der Waals surface area contributed by atoms with Gasteiger partial charge in [-0.1, -0.05) is 23.7 Å². The van der Waals surface area contributed by atoms with Crippen molar-refractivity contribution in [2.24, 2.45) is 4.99 Å². The van der Waals surface area contributed by atoms with Gasteiger partial charge in [-0.25, -0.2) is 13.2 Å². The van der Waals surface area contributed by atoms with Crippen LogP contribution in [0.1, 0.15) is 29.8 Å². The van der Waals surface area contributed by atoms with E-state index >= 15 is 0 Å². The number of rotatable bonds is 4. The van der Waals surface area contributed by atoms with Gasteiger partial charge in [-0.2, -0.15) is 0 Å². The fraction of sp³-hybridized carbons (Fsp3) is 0.222. The minimum absolute atomic E-state index is 0.0120. The first kappa shape index (κ1) is 18.4. The molecular weight excluding hydrogens is 376 g/mol. The van der Waals surface area contributed by atoms with Gasteiger partial charge in [0.2, 0.25) is 0 Å². The molecule has 1 aliphatic rings. The maximum Gasteiger partial charge on any atom is 0.338 e. The standard InChI is InChI=1S/C18H17ClN2O4S/c1-18(2,11-25-17(22)12-7-9-13(19)10-8-12)20-16-14-5-3-4-6-15(14)26(23,24)21-16/h3-10H,11H2,1-2H3,(H,20,21). The van der Waals surface area contributed by atoms with Crippen molar-refractivity contribution < 1.29 is 17.9 Å². The molecule has 1 heterocycles. The van der Waals surface area contributed by atoms with Crippen LogP contribution in [0, 0.1) is 0 Å². The Labute approximate surface area is 156 Å². The van der Waals surface area contributed by atoms with Crippen molar-refractivity contribution in [1.29, 1.82) is 0 Å². The summed E-state index contributed by atoms with van der Waals surface area (Å²) in [6, 6.07) is 13.0. The van der Waals surface area contributed by atoms with E-state index in [1.807, 2.05) is 0 Å². The van der Waals surface area contributed by atoms with Crippen molar-refractivity contribution >= 4 is 33.4 Å². The molecule has 0 aromatic heterocycles. The normalized spacial score (nSPS) is 16.8. The van der Waals surface area contributed by atoms with Crippen LogP contribution in [0.2, 0.25) is 5.02 Å². The summed E-state index contributed by atoms with van der Waals surface area (Å²) in [7, 11) is -3.61. The molecule has 0 amide bonds. The second-order valence-corrected chi connectivity index (χ2v) is 8.54. The molecule has 0 fully saturated rings. The fourth-order valence-corrected chi connectivity index (χ4v) is 3.82. The zero-order valence-corrected chi connectivity index (χ0v) is 15.8. The SMILES string of the molecule is CC(C)(COC(=O)c1ccc(Cl)cc1)N=C1NS(=O)(=O)c2ccccc21. The second kappa shape index (κ2) is 6.74. The lowest BCUT2D eigenvalue weighted by Gasteiger charge is -2.20. The van der Waals surface area contributed by atoms with Gasteiger partial charge in [0.15, 0.2) is 0 Å². The third-order valence-corrected chi connectivity index (χ3v) is 5.36. The van der Waals surface area contributed by atoms with E-state index in [-0.39, 0.29) is 17.3 Å². The van der Waals surface area contributed by atoms with Crippen LogP contribution in [-0.2, 0) is 14.8 Å². The van der Waals surface area contributed by atoms with Gasteiger partial charge in [0, 0.05) is 10.6 Å². The number of fused-ring (bicyclic) bond motifs is 1. The third kappa shape index (κ3) is 3.89. The lowest BCUT2D eigenvalue weighted by molar-refractivity contribution is 0.0435. The molecular formula is C18H17ClN2O4S. The number of halogens is 1. The van der Waals surface area contributed by atoms with Crippen LogP contribution < -0.4 is 4.72 Å². The summed E-state index contributed by atoms with van der Waals surface area (Å²) in [5.41, 5.74) is 0.0616. The van der Waals surface area contributed by atoms with Crippen LogP contribution in [0.5, 0.6) is 0 Å². The number of nitrogens with one attached hydrogen (secondary N) is 1. The minimum atomic E-state index is -3.61. The highest BCUT2D eigenvalue weighted by Gasteiger charge is 2.32. The van der Waals surface area contributed by atoms with Crippen molar-refractivity contribution in [3.8, 4) is 0 Å². The van der Waals surface area contributed by atoms with Crippen molar-refractivity contribution in [2.45, 2.75) is 24.3 Å². The Morgan fingerprint density at radius 3 is 2.50 bits per heavy atom. The number of ether oxygens (including phenoxy) is 1. The van der Waals surface area contributed by atoms with E-state index in [4.69, 9.17) is 16.3 Å². The van der Waals surface area contributed by atoms with E-state index in [2.05, 4.69) is 9.71 Å². The predicted molar refractivity (Wildman–Crippen MR) is 99.1 cm³/mol. The molecule has 0 atom stereocenters. The molecule has 0 aliphatic carbocycles. The van der Waals surface area contributed by atoms with E-state index in [9.17, 15) is 13.2 Å². The average molecular weight is 393 g/mol. The molecule has 0 spiro atoms. The largest absolute Gasteiger partial charge is 0.460 e. The maximum absolute atomic E-state index is 12.1. The van der Waals surface area contributed by atoms with Crippen LogP contribution in [-0.4, -0.2) is 32.4 Å². The summed E-state index contributed by atoms with van der Waals surface area (Å²) in [4.78, 5) is 16.8. The highest BCUT2D eigenvalue weighted by Crippen LogP contribution is 2.24. The minimum Gasteiger partial charge on any atom is -0.460 e. The number of amidine groups is 1. The van der Waals surface area contributed by atoms with Crippen LogP contribution >= 0.6 is 11.6 Å². The van der Waals surface area contributed by atoms with Crippen molar-refractivity contribution in [2.75, 3.05) is 6.61 Å². The quantitative estimate of drug-likeness (QED) is 0.810. The molecule has 0 radical (unpaired) electrons. The summed E-state index contributed by atoms with van der Waals surface area (Å²) < 4.78 is 32.0. The monoisotopic (exact) mass is 392 g/mol. The summed E-state index contributed by atoms with van der Waals surface area (Å²) in [6.45, 7) is 3.50. The molecule has 2 aromatic rings. The Kier molecular flexibility index (Phi) is 4.77. The summed E-state index contributed by atoms with van der Waals surface area (Å²) in [5.74, 6) is -0.254. The number of hydrogen-bond acceptors (Lipinski definition) is 5. The van der Waals surface area contributed by atoms with Crippen LogP contribution in [0.4, 0.5) is 0 Å². The first-order valence-corrected chi connectivity index (χ1v) is 9.69. The van der Waals surface area contributed by atoms with E-state index in [0.29, 0.717) is 16.1 Å². The van der Waals surface area contributed by atoms with Gasteiger partial charge in [-0.3, -0.25) is 9.71 Å². The maximum atomic E-state index is 12.1. The van der Waals surface area contributed by atoms with Crippen molar-refractivity contribution in [3.05, 3.63) is 64.7 Å². The Bertz CT molecular complexity index is 983. The molecule has 1 N–H and O–H groups in total. The van der Waals surface area contributed by atoms with Crippen molar-refractivity contribution in [1.82, 2.24) is 4.72 Å². The molecule has 2 aromatic carbocycles. The molecule has 8 heteroatoms. The van der Waals surface area contributed by atoms with Crippen LogP contribution in [0.25, 0.3) is 0 Å². The molecule has 136 valence electrons. The van der Waals surface area contributed by atoms with Gasteiger partial charge < -0.3 is 4.74 Å². The molecule has 0 saturated heterocycles. The second-order valence-electron chi connectivity index (χ2n) is 6.46. The van der Waals surface area contributed by atoms with Gasteiger partial charge in [0.1, 0.15) is 12.4 Å². The highest BCUT2D eigenvalue weighted by atomic mass is 35.5. The highest BCUT2D eigenvalue weighted by molar-refractivity contribution is 7.90. The molecule has 1 aliphatic heterocycles. The number of benzene rings is 2. The van der Waals surface area contributed by atoms with Gasteiger partial charge in [0.05, 0.1) is 16.0 Å². The van der Waals surface area contributed by atoms with E-state index in [1.165, 1.54) is 6.07 Å². The number of esters is 1. The summed E-state index contributed by atoms with van der Waals surface area (Å²) >= 11 is 5.80. The molecule has 0 unspecified atom stereocenters. The van der Waals surface area contributed by atoms with E-state index < -0.39 is 21.5 Å². The molecule has 0 saturated carbocycles. The number of hydrogen-bond donors (Lipinski definition) is 1. The Morgan fingerprint density at radius 1 is 1.15 bits per heavy atom. The molecule has 0 bridgehead atoms. The topological polar surface area (TPSA) is 84.8 Å². The Balaban J connectivity index is 1.76. The number of aliphatic imine (C=N–C) groups is 1. The lowest BCUT2D eigenvalue weighted by atomic mass is 10.1. The zero-order valence-electron chi connectivity index (χ0n) is 14.2.